The SMILES string of the molecule is CC1CCN(c2ncc(C(=O)N3CCCC3)cn2)CC1. The second-order valence-corrected chi connectivity index (χ2v) is 5.94. The van der Waals surface area contributed by atoms with Gasteiger partial charge in [-0.3, -0.25) is 4.79 Å². The number of hydrogen-bond donors (Lipinski definition) is 0. The van der Waals surface area contributed by atoms with Gasteiger partial charge in [0.1, 0.15) is 0 Å². The zero-order valence-electron chi connectivity index (χ0n) is 12.1. The highest BCUT2D eigenvalue weighted by molar-refractivity contribution is 5.93. The molecule has 0 radical (unpaired) electrons. The summed E-state index contributed by atoms with van der Waals surface area (Å²) < 4.78 is 0. The van der Waals surface area contributed by atoms with Crippen LogP contribution in [0.1, 0.15) is 43.0 Å². The van der Waals surface area contributed by atoms with Crippen molar-refractivity contribution in [1.82, 2.24) is 14.9 Å². The molecular formula is C15H22N4O. The van der Waals surface area contributed by atoms with Gasteiger partial charge in [-0.2, -0.15) is 0 Å². The topological polar surface area (TPSA) is 49.3 Å². The second kappa shape index (κ2) is 5.77. The van der Waals surface area contributed by atoms with E-state index in [1.165, 1.54) is 12.8 Å². The van der Waals surface area contributed by atoms with Crippen LogP contribution in [0.2, 0.25) is 0 Å². The van der Waals surface area contributed by atoms with Gasteiger partial charge >= 0.3 is 0 Å². The van der Waals surface area contributed by atoms with Crippen molar-refractivity contribution in [3.8, 4) is 0 Å². The Morgan fingerprint density at radius 1 is 1.10 bits per heavy atom. The summed E-state index contributed by atoms with van der Waals surface area (Å²) >= 11 is 0. The molecule has 0 aliphatic carbocycles. The highest BCUT2D eigenvalue weighted by atomic mass is 16.2. The van der Waals surface area contributed by atoms with Gasteiger partial charge in [-0.15, -0.1) is 0 Å². The highest BCUT2D eigenvalue weighted by Gasteiger charge is 2.21. The standard InChI is InChI=1S/C15H22N4O/c1-12-4-8-19(9-5-12)15-16-10-13(11-17-15)14(20)18-6-2-3-7-18/h10-12H,2-9H2,1H3. The summed E-state index contributed by atoms with van der Waals surface area (Å²) in [6, 6.07) is 0. The molecule has 2 aliphatic heterocycles. The maximum Gasteiger partial charge on any atom is 0.256 e. The minimum atomic E-state index is 0.0707. The number of carbonyl (C=O) groups excluding carboxylic acids is 1. The third-order valence-corrected chi connectivity index (χ3v) is 4.34. The molecule has 0 N–H and O–H groups in total. The molecule has 0 bridgehead atoms. The van der Waals surface area contributed by atoms with Gasteiger partial charge in [0.15, 0.2) is 0 Å². The van der Waals surface area contributed by atoms with Crippen molar-refractivity contribution in [3.05, 3.63) is 18.0 Å². The Bertz CT molecular complexity index is 459. The number of nitrogens with zero attached hydrogens (tertiary/aromatic N) is 4. The van der Waals surface area contributed by atoms with E-state index in [-0.39, 0.29) is 5.91 Å². The van der Waals surface area contributed by atoms with E-state index in [0.717, 1.165) is 50.9 Å². The Kier molecular flexibility index (Phi) is 3.85. The van der Waals surface area contributed by atoms with Crippen LogP contribution in [0.5, 0.6) is 0 Å². The summed E-state index contributed by atoms with van der Waals surface area (Å²) in [5.41, 5.74) is 0.612. The Labute approximate surface area is 120 Å². The summed E-state index contributed by atoms with van der Waals surface area (Å²) in [6.07, 6.45) is 7.96. The highest BCUT2D eigenvalue weighted by Crippen LogP contribution is 2.20. The Balaban J connectivity index is 1.66. The Hall–Kier alpha value is -1.65. The fourth-order valence-corrected chi connectivity index (χ4v) is 2.91. The van der Waals surface area contributed by atoms with E-state index in [2.05, 4.69) is 21.8 Å². The quantitative estimate of drug-likeness (QED) is 0.827. The molecule has 2 saturated heterocycles. The van der Waals surface area contributed by atoms with Gasteiger partial charge in [0.05, 0.1) is 5.56 Å². The van der Waals surface area contributed by atoms with E-state index < -0.39 is 0 Å². The third-order valence-electron chi connectivity index (χ3n) is 4.34. The molecule has 2 fully saturated rings. The first-order valence-electron chi connectivity index (χ1n) is 7.60. The van der Waals surface area contributed by atoms with Gasteiger partial charge < -0.3 is 9.80 Å². The van der Waals surface area contributed by atoms with E-state index in [1.807, 2.05) is 4.90 Å². The average molecular weight is 274 g/mol. The van der Waals surface area contributed by atoms with Gasteiger partial charge in [0.25, 0.3) is 5.91 Å². The maximum absolute atomic E-state index is 12.2. The molecule has 3 heterocycles. The van der Waals surface area contributed by atoms with Crippen molar-refractivity contribution in [2.24, 2.45) is 5.92 Å². The van der Waals surface area contributed by atoms with Gasteiger partial charge in [0, 0.05) is 38.6 Å². The molecule has 1 aromatic rings. The number of anilines is 1. The van der Waals surface area contributed by atoms with Gasteiger partial charge in [0.2, 0.25) is 5.95 Å². The number of aromatic nitrogens is 2. The average Bonchev–Trinajstić information content (AvgIpc) is 3.02. The molecule has 20 heavy (non-hydrogen) atoms. The Morgan fingerprint density at radius 3 is 2.30 bits per heavy atom. The molecule has 2 aliphatic rings. The number of likely N-dealkylation sites (tertiary alicyclic amines) is 1. The molecule has 3 rings (SSSR count). The first-order valence-corrected chi connectivity index (χ1v) is 7.60. The van der Waals surface area contributed by atoms with Gasteiger partial charge in [-0.25, -0.2) is 9.97 Å². The van der Waals surface area contributed by atoms with Crippen LogP contribution in [0.3, 0.4) is 0 Å². The van der Waals surface area contributed by atoms with Crippen LogP contribution in [-0.4, -0.2) is 47.0 Å². The molecule has 0 aromatic carbocycles. The lowest BCUT2D eigenvalue weighted by Gasteiger charge is -2.30. The maximum atomic E-state index is 12.2. The van der Waals surface area contributed by atoms with Crippen LogP contribution in [-0.2, 0) is 0 Å². The van der Waals surface area contributed by atoms with Crippen LogP contribution in [0, 0.1) is 5.92 Å². The van der Waals surface area contributed by atoms with Crippen LogP contribution in [0.4, 0.5) is 5.95 Å². The third kappa shape index (κ3) is 2.76. The van der Waals surface area contributed by atoms with Gasteiger partial charge in [-0.05, 0) is 31.6 Å². The van der Waals surface area contributed by atoms with Crippen LogP contribution in [0.25, 0.3) is 0 Å². The Morgan fingerprint density at radius 2 is 1.70 bits per heavy atom. The molecule has 0 saturated carbocycles. The van der Waals surface area contributed by atoms with Crippen molar-refractivity contribution in [1.29, 1.82) is 0 Å². The molecule has 0 spiro atoms. The molecule has 0 unspecified atom stereocenters. The fourth-order valence-electron chi connectivity index (χ4n) is 2.91. The number of carbonyl (C=O) groups is 1. The number of rotatable bonds is 2. The summed E-state index contributed by atoms with van der Waals surface area (Å²) in [6.45, 7) is 6.05. The monoisotopic (exact) mass is 274 g/mol. The van der Waals surface area contributed by atoms with Crippen LogP contribution >= 0.6 is 0 Å². The first kappa shape index (κ1) is 13.3. The molecule has 5 nitrogen and oxygen atoms in total. The van der Waals surface area contributed by atoms with Crippen LogP contribution in [0.15, 0.2) is 12.4 Å². The minimum Gasteiger partial charge on any atom is -0.341 e. The molecule has 1 amide bonds. The van der Waals surface area contributed by atoms with E-state index in [1.54, 1.807) is 12.4 Å². The van der Waals surface area contributed by atoms with Gasteiger partial charge in [-0.1, -0.05) is 6.92 Å². The predicted molar refractivity (Wildman–Crippen MR) is 77.8 cm³/mol. The zero-order valence-corrected chi connectivity index (χ0v) is 12.1. The summed E-state index contributed by atoms with van der Waals surface area (Å²) in [5, 5.41) is 0. The lowest BCUT2D eigenvalue weighted by molar-refractivity contribution is 0.0792. The van der Waals surface area contributed by atoms with Crippen LogP contribution < -0.4 is 4.90 Å². The number of hydrogen-bond acceptors (Lipinski definition) is 4. The molecule has 5 heteroatoms. The zero-order chi connectivity index (χ0) is 13.9. The smallest absolute Gasteiger partial charge is 0.256 e. The van der Waals surface area contributed by atoms with E-state index in [9.17, 15) is 4.79 Å². The van der Waals surface area contributed by atoms with E-state index in [4.69, 9.17) is 0 Å². The van der Waals surface area contributed by atoms with Crippen molar-refractivity contribution >= 4 is 11.9 Å². The van der Waals surface area contributed by atoms with Crippen molar-refractivity contribution < 1.29 is 4.79 Å². The second-order valence-electron chi connectivity index (χ2n) is 5.94. The van der Waals surface area contributed by atoms with E-state index in [0.29, 0.717) is 5.56 Å². The largest absolute Gasteiger partial charge is 0.341 e. The van der Waals surface area contributed by atoms with Crippen molar-refractivity contribution in [3.63, 3.8) is 0 Å². The fraction of sp³-hybridized carbons (Fsp3) is 0.667. The lowest BCUT2D eigenvalue weighted by atomic mass is 10.00. The molecule has 1 aromatic heterocycles. The molecule has 108 valence electrons. The molecule has 0 atom stereocenters. The van der Waals surface area contributed by atoms with E-state index >= 15 is 0 Å². The van der Waals surface area contributed by atoms with Crippen molar-refractivity contribution in [2.45, 2.75) is 32.6 Å². The summed E-state index contributed by atoms with van der Waals surface area (Å²) in [7, 11) is 0. The van der Waals surface area contributed by atoms with Crippen molar-refractivity contribution in [2.75, 3.05) is 31.1 Å². The molecular weight excluding hydrogens is 252 g/mol. The first-order chi connectivity index (χ1) is 9.74. The summed E-state index contributed by atoms with van der Waals surface area (Å²) in [5.74, 6) is 1.62. The lowest BCUT2D eigenvalue weighted by Crippen LogP contribution is -2.34. The minimum absolute atomic E-state index is 0.0707. The summed E-state index contributed by atoms with van der Waals surface area (Å²) in [4.78, 5) is 25.1. The predicted octanol–water partition coefficient (Wildman–Crippen LogP) is 1.95. The number of piperidine rings is 1. The normalized spacial score (nSPS) is 20.4. The number of amides is 1.